The quantitative estimate of drug-likeness (QED) is 0.176. The molecule has 0 amide bonds. The maximum atomic E-state index is 13.3. The highest BCUT2D eigenvalue weighted by atomic mass is 16.7. The lowest BCUT2D eigenvalue weighted by atomic mass is 9.89. The first-order valence-electron chi connectivity index (χ1n) is 13.1. The van der Waals surface area contributed by atoms with Gasteiger partial charge in [-0.3, -0.25) is 4.79 Å². The van der Waals surface area contributed by atoms with E-state index in [1.54, 1.807) is 0 Å². The zero-order valence-electron chi connectivity index (χ0n) is 22.5. The molecular formula is C28H32O14. The molecule has 14 heteroatoms. The zero-order chi connectivity index (χ0) is 30.5. The van der Waals surface area contributed by atoms with Crippen molar-refractivity contribution in [3.8, 4) is 28.6 Å². The predicted molar refractivity (Wildman–Crippen MR) is 142 cm³/mol. The van der Waals surface area contributed by atoms with Gasteiger partial charge in [-0.25, -0.2) is 0 Å². The highest BCUT2D eigenvalue weighted by Gasteiger charge is 2.51. The number of aliphatic hydroxyl groups excluding tert-OH is 6. The molecular weight excluding hydrogens is 560 g/mol. The minimum atomic E-state index is -1.80. The summed E-state index contributed by atoms with van der Waals surface area (Å²) in [6.07, 6.45) is -15.6. The van der Waals surface area contributed by atoms with Crippen LogP contribution in [0.3, 0.4) is 0 Å². The third kappa shape index (κ3) is 5.21. The normalized spacial score (nSPS) is 33.5. The molecule has 0 spiro atoms. The van der Waals surface area contributed by atoms with Crippen LogP contribution in [-0.2, 0) is 14.2 Å². The Morgan fingerprint density at radius 3 is 2.21 bits per heavy atom. The fraction of sp³-hybridized carbons (Fsp3) is 0.464. The molecule has 2 aliphatic rings. The lowest BCUT2D eigenvalue weighted by Gasteiger charge is -2.46. The summed E-state index contributed by atoms with van der Waals surface area (Å²) < 4.78 is 28.5. The van der Waals surface area contributed by atoms with Crippen LogP contribution in [0.15, 0.2) is 45.6 Å². The van der Waals surface area contributed by atoms with Crippen LogP contribution in [-0.4, -0.2) is 110 Å². The van der Waals surface area contributed by atoms with E-state index < -0.39 is 79.0 Å². The van der Waals surface area contributed by atoms with E-state index in [1.807, 2.05) is 0 Å². The number of phenolic OH excluding ortho intramolecular Hbond substituents is 2. The molecule has 0 bridgehead atoms. The highest BCUT2D eigenvalue weighted by molar-refractivity contribution is 5.88. The first kappa shape index (κ1) is 30.2. The molecule has 0 saturated carbocycles. The molecule has 3 heterocycles. The van der Waals surface area contributed by atoms with Crippen LogP contribution in [0.4, 0.5) is 0 Å². The van der Waals surface area contributed by atoms with E-state index in [4.69, 9.17) is 23.4 Å². The largest absolute Gasteiger partial charge is 0.508 e. The first-order valence-corrected chi connectivity index (χ1v) is 13.1. The van der Waals surface area contributed by atoms with Gasteiger partial charge in [0.25, 0.3) is 0 Å². The van der Waals surface area contributed by atoms with E-state index in [0.717, 1.165) is 6.07 Å². The number of ether oxygens (including phenoxy) is 4. The van der Waals surface area contributed by atoms with Gasteiger partial charge in [-0.2, -0.15) is 0 Å². The molecule has 2 fully saturated rings. The van der Waals surface area contributed by atoms with Gasteiger partial charge in [0.15, 0.2) is 11.7 Å². The third-order valence-corrected chi connectivity index (χ3v) is 7.62. The second-order valence-electron chi connectivity index (χ2n) is 10.3. The van der Waals surface area contributed by atoms with Gasteiger partial charge in [0, 0.05) is 17.7 Å². The van der Waals surface area contributed by atoms with Crippen LogP contribution in [0.25, 0.3) is 22.3 Å². The van der Waals surface area contributed by atoms with Gasteiger partial charge in [0.1, 0.15) is 82.8 Å². The Kier molecular flexibility index (Phi) is 8.44. The Bertz CT molecular complexity index is 1470. The number of hydrogen-bond acceptors (Lipinski definition) is 14. The summed E-state index contributed by atoms with van der Waals surface area (Å²) in [4.78, 5) is 13.3. The summed E-state index contributed by atoms with van der Waals surface area (Å²) in [6.45, 7) is 0.669. The molecule has 14 nitrogen and oxygen atoms in total. The van der Waals surface area contributed by atoms with Gasteiger partial charge in [0.05, 0.1) is 25.4 Å². The van der Waals surface area contributed by atoms with Crippen molar-refractivity contribution in [1.82, 2.24) is 0 Å². The smallest absolute Gasteiger partial charge is 0.197 e. The number of rotatable bonds is 6. The Morgan fingerprint density at radius 2 is 1.57 bits per heavy atom. The molecule has 2 saturated heterocycles. The Morgan fingerprint density at radius 1 is 0.881 bits per heavy atom. The average Bonchev–Trinajstić information content (AvgIpc) is 2.97. The number of benzene rings is 2. The van der Waals surface area contributed by atoms with Crippen molar-refractivity contribution in [2.24, 2.45) is 0 Å². The summed E-state index contributed by atoms with van der Waals surface area (Å²) in [6, 6.07) is 8.31. The SMILES string of the molecule is COc1cc2oc(-c3ccc(O)cc3)cc(=O)c2c(O)c1[C@@H]1O[C@H](CO)[C@@H](O)[C@H](O)[C@H]1O[C@@H]1O[C@@H](C)[C@H](O)[C@H](O)[C@H]1O. The van der Waals surface area contributed by atoms with Crippen LogP contribution in [0.1, 0.15) is 18.6 Å². The zero-order valence-corrected chi connectivity index (χ0v) is 22.5. The van der Waals surface area contributed by atoms with Crippen molar-refractivity contribution < 1.29 is 64.2 Å². The van der Waals surface area contributed by atoms with Crippen LogP contribution in [0.5, 0.6) is 17.2 Å². The van der Waals surface area contributed by atoms with Gasteiger partial charge < -0.3 is 64.2 Å². The predicted octanol–water partition coefficient (Wildman–Crippen LogP) is -0.754. The highest BCUT2D eigenvalue weighted by Crippen LogP contribution is 2.46. The summed E-state index contributed by atoms with van der Waals surface area (Å²) in [7, 11) is 1.26. The molecule has 2 aromatic carbocycles. The molecule has 0 aliphatic carbocycles. The third-order valence-electron chi connectivity index (χ3n) is 7.62. The van der Waals surface area contributed by atoms with Crippen molar-refractivity contribution in [1.29, 1.82) is 0 Å². The number of phenols is 2. The van der Waals surface area contributed by atoms with E-state index in [9.17, 15) is 45.6 Å². The fourth-order valence-corrected chi connectivity index (χ4v) is 5.26. The van der Waals surface area contributed by atoms with Crippen LogP contribution >= 0.6 is 0 Å². The molecule has 42 heavy (non-hydrogen) atoms. The Labute approximate surface area is 238 Å². The van der Waals surface area contributed by atoms with Crippen molar-refractivity contribution >= 4 is 11.0 Å². The number of aromatic hydroxyl groups is 2. The van der Waals surface area contributed by atoms with Gasteiger partial charge in [0.2, 0.25) is 0 Å². The number of fused-ring (bicyclic) bond motifs is 1. The monoisotopic (exact) mass is 592 g/mol. The maximum absolute atomic E-state index is 13.3. The first-order chi connectivity index (χ1) is 20.0. The average molecular weight is 593 g/mol. The van der Waals surface area contributed by atoms with Crippen molar-refractivity contribution in [2.45, 2.75) is 68.1 Å². The second kappa shape index (κ2) is 11.8. The standard InChI is InChI=1S/C28H32O14/c1-10-20(32)23(35)25(37)28(39-10)42-27-24(36)21(33)17(9-29)41-26(27)19-15(38-2)8-16-18(22(19)34)13(31)7-14(40-16)11-3-5-12(30)6-4-11/h3-8,10,17,20-21,23-30,32-37H,9H2,1-2H3/t10-,17+,20-,21+,23-,24-,25+,26-,27+,28-/m0/s1. The summed E-state index contributed by atoms with van der Waals surface area (Å²) >= 11 is 0. The Balaban J connectivity index is 1.61. The summed E-state index contributed by atoms with van der Waals surface area (Å²) in [5.41, 5.74) is -0.477. The van der Waals surface area contributed by atoms with Crippen LogP contribution < -0.4 is 10.2 Å². The fourth-order valence-electron chi connectivity index (χ4n) is 5.26. The molecule has 228 valence electrons. The second-order valence-corrected chi connectivity index (χ2v) is 10.3. The lowest BCUT2D eigenvalue weighted by Crippen LogP contribution is -2.61. The van der Waals surface area contributed by atoms with Crippen molar-refractivity contribution in [3.05, 3.63) is 52.2 Å². The molecule has 5 rings (SSSR count). The van der Waals surface area contributed by atoms with Gasteiger partial charge in [-0.05, 0) is 31.2 Å². The number of methoxy groups -OCH3 is 1. The summed E-state index contributed by atoms with van der Waals surface area (Å²) in [5.74, 6) is -0.606. The Hall–Kier alpha value is -3.31. The molecule has 2 aliphatic heterocycles. The molecule has 8 N–H and O–H groups in total. The summed E-state index contributed by atoms with van der Waals surface area (Å²) in [5, 5.41) is 83.0. The molecule has 1 aromatic heterocycles. The van der Waals surface area contributed by atoms with Crippen LogP contribution in [0.2, 0.25) is 0 Å². The molecule has 10 atom stereocenters. The number of hydrogen-bond donors (Lipinski definition) is 8. The van der Waals surface area contributed by atoms with Crippen molar-refractivity contribution in [3.63, 3.8) is 0 Å². The molecule has 3 aromatic rings. The van der Waals surface area contributed by atoms with E-state index >= 15 is 0 Å². The topological polar surface area (TPSA) is 229 Å². The maximum Gasteiger partial charge on any atom is 0.197 e. The van der Waals surface area contributed by atoms with E-state index in [-0.39, 0.29) is 33.8 Å². The minimum absolute atomic E-state index is 0.00915. The van der Waals surface area contributed by atoms with Gasteiger partial charge >= 0.3 is 0 Å². The molecule has 0 unspecified atom stereocenters. The molecule has 0 radical (unpaired) electrons. The van der Waals surface area contributed by atoms with Crippen molar-refractivity contribution in [2.75, 3.05) is 13.7 Å². The van der Waals surface area contributed by atoms with E-state index in [0.29, 0.717) is 5.56 Å². The van der Waals surface area contributed by atoms with E-state index in [2.05, 4.69) is 0 Å². The minimum Gasteiger partial charge on any atom is -0.508 e. The van der Waals surface area contributed by atoms with Gasteiger partial charge in [-0.15, -0.1) is 0 Å². The van der Waals surface area contributed by atoms with Gasteiger partial charge in [-0.1, -0.05) is 0 Å². The van der Waals surface area contributed by atoms with E-state index in [1.165, 1.54) is 44.4 Å². The number of aliphatic hydroxyl groups is 6. The lowest BCUT2D eigenvalue weighted by molar-refractivity contribution is -0.338. The van der Waals surface area contributed by atoms with Crippen LogP contribution in [0, 0.1) is 0 Å².